The lowest BCUT2D eigenvalue weighted by Gasteiger charge is -2.33. The molecule has 2 N–H and O–H groups in total. The van der Waals surface area contributed by atoms with Crippen molar-refractivity contribution in [2.45, 2.75) is 36.6 Å². The van der Waals surface area contributed by atoms with E-state index in [1.807, 2.05) is 32.8 Å². The second-order valence-corrected chi connectivity index (χ2v) is 11.4. The monoisotopic (exact) mass is 481 g/mol. The fraction of sp³-hybridized carbons (Fsp3) is 0.500. The van der Waals surface area contributed by atoms with Crippen molar-refractivity contribution in [3.8, 4) is 5.75 Å². The molecular formula is C22H31N3O5S2. The van der Waals surface area contributed by atoms with E-state index in [1.54, 1.807) is 40.6 Å². The van der Waals surface area contributed by atoms with Gasteiger partial charge in [0.15, 0.2) is 0 Å². The van der Waals surface area contributed by atoms with Crippen LogP contribution < -0.4 is 9.46 Å². The fourth-order valence-electron chi connectivity index (χ4n) is 3.69. The Balaban J connectivity index is 1.97. The van der Waals surface area contributed by atoms with Crippen molar-refractivity contribution in [2.24, 2.45) is 5.92 Å². The van der Waals surface area contributed by atoms with Gasteiger partial charge in [0.25, 0.3) is 10.0 Å². The summed E-state index contributed by atoms with van der Waals surface area (Å²) in [4.78, 5) is 16.9. The van der Waals surface area contributed by atoms with Gasteiger partial charge in [0.2, 0.25) is 5.91 Å². The molecule has 2 heterocycles. The Bertz CT molecular complexity index is 1020. The standard InChI is InChI=1S/C22H31N3O5S2/c1-15-12-25(16(2)14-26)21(27)11-17-10-18(23-32(28,29)22-6-5-9-31-22)7-8-19(17)30-20(15)13-24(3)4/h5-10,15-16,20,23,26H,11-14H2,1-4H3/t15-,16-,20-/m1/s1. The van der Waals surface area contributed by atoms with Crippen LogP contribution in [0.3, 0.4) is 0 Å². The molecule has 0 saturated carbocycles. The van der Waals surface area contributed by atoms with E-state index in [0.29, 0.717) is 30.1 Å². The number of benzene rings is 1. The molecule has 1 aromatic heterocycles. The van der Waals surface area contributed by atoms with Crippen molar-refractivity contribution in [3.63, 3.8) is 0 Å². The van der Waals surface area contributed by atoms with Crippen LogP contribution in [0.5, 0.6) is 5.75 Å². The van der Waals surface area contributed by atoms with Gasteiger partial charge in [0.05, 0.1) is 19.1 Å². The number of amides is 1. The molecule has 1 aromatic carbocycles. The highest BCUT2D eigenvalue weighted by Crippen LogP contribution is 2.30. The summed E-state index contributed by atoms with van der Waals surface area (Å²) in [5.41, 5.74) is 0.973. The Hall–Kier alpha value is -2.14. The molecule has 8 nitrogen and oxygen atoms in total. The number of hydrogen-bond donors (Lipinski definition) is 2. The first-order chi connectivity index (χ1) is 15.1. The first kappa shape index (κ1) is 24.5. The van der Waals surface area contributed by atoms with E-state index in [1.165, 1.54) is 0 Å². The maximum Gasteiger partial charge on any atom is 0.271 e. The summed E-state index contributed by atoms with van der Waals surface area (Å²) in [5, 5.41) is 11.4. The van der Waals surface area contributed by atoms with Gasteiger partial charge in [-0.2, -0.15) is 0 Å². The third-order valence-electron chi connectivity index (χ3n) is 5.47. The lowest BCUT2D eigenvalue weighted by atomic mass is 10.0. The van der Waals surface area contributed by atoms with E-state index in [9.17, 15) is 18.3 Å². The Morgan fingerprint density at radius 2 is 2.09 bits per heavy atom. The number of fused-ring (bicyclic) bond motifs is 1. The van der Waals surface area contributed by atoms with E-state index in [0.717, 1.165) is 11.3 Å². The largest absolute Gasteiger partial charge is 0.488 e. The molecule has 0 bridgehead atoms. The fourth-order valence-corrected chi connectivity index (χ4v) is 5.74. The number of aliphatic hydroxyl groups excluding tert-OH is 1. The zero-order valence-corrected chi connectivity index (χ0v) is 20.4. The number of sulfonamides is 1. The summed E-state index contributed by atoms with van der Waals surface area (Å²) < 4.78 is 34.4. The van der Waals surface area contributed by atoms with Crippen molar-refractivity contribution in [2.75, 3.05) is 38.5 Å². The van der Waals surface area contributed by atoms with Gasteiger partial charge in [-0.25, -0.2) is 8.42 Å². The van der Waals surface area contributed by atoms with Crippen LogP contribution in [0.15, 0.2) is 39.9 Å². The van der Waals surface area contributed by atoms with Gasteiger partial charge in [-0.1, -0.05) is 13.0 Å². The third-order valence-corrected chi connectivity index (χ3v) is 8.25. The third kappa shape index (κ3) is 5.80. The Morgan fingerprint density at radius 3 is 2.72 bits per heavy atom. The van der Waals surface area contributed by atoms with Gasteiger partial charge in [0.1, 0.15) is 16.1 Å². The quantitative estimate of drug-likeness (QED) is 0.629. The highest BCUT2D eigenvalue weighted by molar-refractivity contribution is 7.94. The topological polar surface area (TPSA) is 99.2 Å². The van der Waals surface area contributed by atoms with Crippen LogP contribution in [-0.4, -0.2) is 75.2 Å². The van der Waals surface area contributed by atoms with Crippen LogP contribution in [0.4, 0.5) is 5.69 Å². The number of thiophene rings is 1. The maximum atomic E-state index is 13.2. The van der Waals surface area contributed by atoms with E-state index in [2.05, 4.69) is 4.72 Å². The average Bonchev–Trinajstić information content (AvgIpc) is 3.28. The number of ether oxygens (including phenoxy) is 1. The average molecular weight is 482 g/mol. The predicted molar refractivity (Wildman–Crippen MR) is 126 cm³/mol. The molecule has 10 heteroatoms. The van der Waals surface area contributed by atoms with E-state index in [4.69, 9.17) is 4.74 Å². The highest BCUT2D eigenvalue weighted by atomic mass is 32.2. The van der Waals surface area contributed by atoms with Gasteiger partial charge < -0.3 is 19.6 Å². The van der Waals surface area contributed by atoms with Gasteiger partial charge in [-0.3, -0.25) is 9.52 Å². The normalized spacial score (nSPS) is 20.7. The zero-order valence-electron chi connectivity index (χ0n) is 18.8. The van der Waals surface area contributed by atoms with Gasteiger partial charge >= 0.3 is 0 Å². The molecule has 176 valence electrons. The zero-order chi connectivity index (χ0) is 23.5. The molecule has 3 atom stereocenters. The number of carbonyl (C=O) groups is 1. The van der Waals surface area contributed by atoms with Gasteiger partial charge in [-0.15, -0.1) is 11.3 Å². The summed E-state index contributed by atoms with van der Waals surface area (Å²) in [6.07, 6.45) is -0.132. The minimum Gasteiger partial charge on any atom is -0.488 e. The first-order valence-electron chi connectivity index (χ1n) is 10.5. The van der Waals surface area contributed by atoms with Crippen LogP contribution in [0.25, 0.3) is 0 Å². The van der Waals surface area contributed by atoms with Crippen LogP contribution >= 0.6 is 11.3 Å². The molecule has 2 aromatic rings. The van der Waals surface area contributed by atoms with Crippen molar-refractivity contribution in [1.29, 1.82) is 0 Å². The molecule has 3 rings (SSSR count). The number of anilines is 1. The molecule has 1 amide bonds. The lowest BCUT2D eigenvalue weighted by molar-refractivity contribution is -0.134. The van der Waals surface area contributed by atoms with Crippen LogP contribution in [0.2, 0.25) is 0 Å². The van der Waals surface area contributed by atoms with E-state index < -0.39 is 10.0 Å². The number of likely N-dealkylation sites (N-methyl/N-ethyl adjacent to an activating group) is 1. The van der Waals surface area contributed by atoms with Crippen LogP contribution in [-0.2, 0) is 21.2 Å². The molecule has 0 radical (unpaired) electrons. The number of carbonyl (C=O) groups excluding carboxylic acids is 1. The van der Waals surface area contributed by atoms with Crippen molar-refractivity contribution >= 4 is 33.0 Å². The molecule has 0 aliphatic carbocycles. The van der Waals surface area contributed by atoms with Crippen LogP contribution in [0, 0.1) is 5.92 Å². The second kappa shape index (κ2) is 10.2. The van der Waals surface area contributed by atoms with E-state index in [-0.39, 0.29) is 41.2 Å². The summed E-state index contributed by atoms with van der Waals surface area (Å²) in [5.74, 6) is 0.458. The summed E-state index contributed by atoms with van der Waals surface area (Å²) in [6, 6.07) is 7.92. The predicted octanol–water partition coefficient (Wildman–Crippen LogP) is 2.26. The molecule has 0 saturated heterocycles. The molecular weight excluding hydrogens is 450 g/mol. The number of rotatable bonds is 7. The minimum absolute atomic E-state index is 0.0262. The van der Waals surface area contributed by atoms with E-state index >= 15 is 0 Å². The minimum atomic E-state index is -3.70. The van der Waals surface area contributed by atoms with Crippen molar-refractivity contribution in [1.82, 2.24) is 9.80 Å². The lowest BCUT2D eigenvalue weighted by Crippen LogP contribution is -2.47. The molecule has 1 aliphatic heterocycles. The SMILES string of the molecule is C[C@@H]1CN([C@H](C)CO)C(=O)Cc2cc(NS(=O)(=O)c3cccs3)ccc2O[C@@H]1CN(C)C. The Morgan fingerprint density at radius 1 is 1.34 bits per heavy atom. The summed E-state index contributed by atoms with van der Waals surface area (Å²) >= 11 is 1.14. The van der Waals surface area contributed by atoms with Crippen molar-refractivity contribution < 1.29 is 23.1 Å². The number of nitrogens with zero attached hydrogens (tertiary/aromatic N) is 2. The summed E-state index contributed by atoms with van der Waals surface area (Å²) in [7, 11) is 0.223. The Kier molecular flexibility index (Phi) is 7.81. The second-order valence-electron chi connectivity index (χ2n) is 8.51. The number of aliphatic hydroxyl groups is 1. The number of hydrogen-bond acceptors (Lipinski definition) is 7. The molecule has 0 fully saturated rings. The molecule has 0 unspecified atom stereocenters. The van der Waals surface area contributed by atoms with Crippen molar-refractivity contribution in [3.05, 3.63) is 41.3 Å². The molecule has 1 aliphatic rings. The van der Waals surface area contributed by atoms with Crippen LogP contribution in [0.1, 0.15) is 19.4 Å². The molecule has 0 spiro atoms. The maximum absolute atomic E-state index is 13.2. The van der Waals surface area contributed by atoms with Gasteiger partial charge in [0, 0.05) is 30.3 Å². The first-order valence-corrected chi connectivity index (χ1v) is 12.9. The highest BCUT2D eigenvalue weighted by Gasteiger charge is 2.31. The molecule has 32 heavy (non-hydrogen) atoms. The Labute approximate surface area is 193 Å². The van der Waals surface area contributed by atoms with Gasteiger partial charge in [-0.05, 0) is 50.7 Å². The smallest absolute Gasteiger partial charge is 0.271 e. The summed E-state index contributed by atoms with van der Waals surface area (Å²) in [6.45, 7) is 4.84. The number of nitrogens with one attached hydrogen (secondary N) is 1.